The molecule has 13 nitrogen and oxygen atoms in total. The molecule has 1 aromatic heterocycles. The van der Waals surface area contributed by atoms with Crippen LogP contribution >= 0.6 is 0 Å². The highest BCUT2D eigenvalue weighted by atomic mass is 16.5. The summed E-state index contributed by atoms with van der Waals surface area (Å²) in [5.74, 6) is 0.631. The Morgan fingerprint density at radius 3 is 1.65 bits per heavy atom. The Balaban J connectivity index is 1.48. The number of hydrogen-bond acceptors (Lipinski definition) is 11. The molecular weight excluding hydrogens is 654 g/mol. The minimum Gasteiger partial charge on any atom is -0.497 e. The van der Waals surface area contributed by atoms with Crippen molar-refractivity contribution in [3.63, 3.8) is 0 Å². The second kappa shape index (κ2) is 19.0. The maximum atomic E-state index is 13.0. The van der Waals surface area contributed by atoms with Gasteiger partial charge in [0.1, 0.15) is 11.5 Å². The number of morpholine rings is 2. The molecule has 0 atom stereocenters. The topological polar surface area (TPSA) is 141 Å². The molecule has 0 radical (unpaired) electrons. The maximum absolute atomic E-state index is 13.0. The zero-order valence-electron chi connectivity index (χ0n) is 29.6. The van der Waals surface area contributed by atoms with Gasteiger partial charge in [-0.25, -0.2) is 9.78 Å². The zero-order valence-corrected chi connectivity index (χ0v) is 29.6. The first-order chi connectivity index (χ1) is 24.8. The minimum atomic E-state index is -0.460. The standard InChI is InChI=1S/C38H47N5O8/c1-4-51-38(46)10-5-27-19-34(32-8-6-30(47-2)21-28(32)23-39-36(44)25-42-11-15-49-16-12-42)41-35(20-27)33-9-7-31(48-3)22-29(33)24-40-37(45)26-43-13-17-50-18-14-43/h5-10,19-22H,4,11-18,23-26H2,1-3H3,(H,39,44)(H,40,45)/b10-5+. The van der Waals surface area contributed by atoms with Gasteiger partial charge in [-0.05, 0) is 78.2 Å². The van der Waals surface area contributed by atoms with Crippen LogP contribution in [-0.2, 0) is 41.7 Å². The molecule has 2 saturated heterocycles. The summed E-state index contributed by atoms with van der Waals surface area (Å²) >= 11 is 0. The first-order valence-electron chi connectivity index (χ1n) is 17.2. The number of methoxy groups -OCH3 is 2. The van der Waals surface area contributed by atoms with Gasteiger partial charge in [0.2, 0.25) is 11.8 Å². The van der Waals surface area contributed by atoms with Crippen LogP contribution in [0.5, 0.6) is 11.5 Å². The van der Waals surface area contributed by atoms with E-state index in [1.807, 2.05) is 48.5 Å². The van der Waals surface area contributed by atoms with Crippen LogP contribution in [0.15, 0.2) is 54.6 Å². The fraction of sp³-hybridized carbons (Fsp3) is 0.421. The van der Waals surface area contributed by atoms with Crippen molar-refractivity contribution in [1.82, 2.24) is 25.4 Å². The number of amides is 2. The largest absolute Gasteiger partial charge is 0.497 e. The van der Waals surface area contributed by atoms with Gasteiger partial charge in [0, 0.05) is 56.5 Å². The van der Waals surface area contributed by atoms with E-state index in [-0.39, 0.29) is 44.6 Å². The number of pyridine rings is 1. The molecule has 2 aliphatic heterocycles. The van der Waals surface area contributed by atoms with E-state index < -0.39 is 5.97 Å². The SMILES string of the molecule is CCOC(=O)/C=C/c1cc(-c2ccc(OC)cc2CNC(=O)CN2CCOCC2)nc(-c2ccc(OC)cc2CNC(=O)CN2CCOCC2)c1. The van der Waals surface area contributed by atoms with Crippen LogP contribution in [0.25, 0.3) is 28.6 Å². The lowest BCUT2D eigenvalue weighted by molar-refractivity contribution is -0.137. The van der Waals surface area contributed by atoms with Crippen LogP contribution in [-0.4, -0.2) is 119 Å². The normalized spacial score (nSPS) is 15.4. The highest BCUT2D eigenvalue weighted by Crippen LogP contribution is 2.32. The van der Waals surface area contributed by atoms with Crippen LogP contribution in [0.2, 0.25) is 0 Å². The number of aromatic nitrogens is 1. The van der Waals surface area contributed by atoms with Crippen molar-refractivity contribution in [2.45, 2.75) is 20.0 Å². The molecule has 51 heavy (non-hydrogen) atoms. The van der Waals surface area contributed by atoms with Crippen molar-refractivity contribution in [2.75, 3.05) is 86.5 Å². The molecule has 2 aliphatic rings. The minimum absolute atomic E-state index is 0.0935. The number of rotatable bonds is 15. The number of nitrogens with one attached hydrogen (secondary N) is 2. The van der Waals surface area contributed by atoms with E-state index in [1.165, 1.54) is 6.08 Å². The third-order valence-corrected chi connectivity index (χ3v) is 8.62. The van der Waals surface area contributed by atoms with E-state index in [9.17, 15) is 14.4 Å². The first kappa shape index (κ1) is 37.4. The van der Waals surface area contributed by atoms with Crippen LogP contribution < -0.4 is 20.1 Å². The van der Waals surface area contributed by atoms with Gasteiger partial charge >= 0.3 is 5.97 Å². The predicted molar refractivity (Wildman–Crippen MR) is 192 cm³/mol. The first-order valence-corrected chi connectivity index (χ1v) is 17.2. The van der Waals surface area contributed by atoms with Gasteiger partial charge in [-0.15, -0.1) is 0 Å². The van der Waals surface area contributed by atoms with Crippen molar-refractivity contribution in [3.8, 4) is 34.0 Å². The quantitative estimate of drug-likeness (QED) is 0.179. The number of ether oxygens (including phenoxy) is 5. The molecule has 0 spiro atoms. The molecular formula is C38H47N5O8. The fourth-order valence-electron chi connectivity index (χ4n) is 5.89. The molecule has 2 N–H and O–H groups in total. The Labute approximate surface area is 298 Å². The Kier molecular flexibility index (Phi) is 13.9. The van der Waals surface area contributed by atoms with Crippen molar-refractivity contribution in [2.24, 2.45) is 0 Å². The van der Waals surface area contributed by atoms with Crippen molar-refractivity contribution >= 4 is 23.9 Å². The molecule has 3 heterocycles. The summed E-state index contributed by atoms with van der Waals surface area (Å²) in [6.45, 7) is 8.35. The summed E-state index contributed by atoms with van der Waals surface area (Å²) in [5, 5.41) is 6.11. The third-order valence-electron chi connectivity index (χ3n) is 8.62. The van der Waals surface area contributed by atoms with Gasteiger partial charge in [0.25, 0.3) is 0 Å². The molecule has 2 fully saturated rings. The fourth-order valence-corrected chi connectivity index (χ4v) is 5.89. The lowest BCUT2D eigenvalue weighted by atomic mass is 9.98. The Bertz CT molecular complexity index is 1580. The smallest absolute Gasteiger partial charge is 0.330 e. The zero-order chi connectivity index (χ0) is 36.0. The maximum Gasteiger partial charge on any atom is 0.330 e. The summed E-state index contributed by atoms with van der Waals surface area (Å²) in [6, 6.07) is 15.0. The van der Waals surface area contributed by atoms with Crippen LogP contribution in [0, 0.1) is 0 Å². The van der Waals surface area contributed by atoms with Crippen LogP contribution in [0.3, 0.4) is 0 Å². The van der Waals surface area contributed by atoms with E-state index in [1.54, 1.807) is 27.2 Å². The highest BCUT2D eigenvalue weighted by molar-refractivity contribution is 5.88. The van der Waals surface area contributed by atoms with Crippen LogP contribution in [0.1, 0.15) is 23.6 Å². The number of benzene rings is 2. The molecule has 2 aromatic carbocycles. The molecule has 0 aliphatic carbocycles. The van der Waals surface area contributed by atoms with Crippen molar-refractivity contribution in [3.05, 3.63) is 71.3 Å². The summed E-state index contributed by atoms with van der Waals surface area (Å²) in [4.78, 5) is 47.4. The summed E-state index contributed by atoms with van der Waals surface area (Å²) in [6.07, 6.45) is 3.07. The lowest BCUT2D eigenvalue weighted by Crippen LogP contribution is -2.43. The molecule has 2 amide bonds. The summed E-state index contributed by atoms with van der Waals surface area (Å²) in [7, 11) is 3.19. The summed E-state index contributed by atoms with van der Waals surface area (Å²) < 4.78 is 27.0. The van der Waals surface area contributed by atoms with Gasteiger partial charge in [0.15, 0.2) is 0 Å². The summed E-state index contributed by atoms with van der Waals surface area (Å²) in [5.41, 5.74) is 5.12. The molecule has 5 rings (SSSR count). The molecule has 13 heteroatoms. The second-order valence-electron chi connectivity index (χ2n) is 12.1. The molecule has 272 valence electrons. The number of carbonyl (C=O) groups is 3. The average molecular weight is 702 g/mol. The van der Waals surface area contributed by atoms with E-state index in [0.717, 1.165) is 22.3 Å². The lowest BCUT2D eigenvalue weighted by Gasteiger charge is -2.26. The van der Waals surface area contributed by atoms with Gasteiger partial charge in [0.05, 0.1) is 71.7 Å². The molecule has 0 bridgehead atoms. The Morgan fingerprint density at radius 2 is 1.22 bits per heavy atom. The van der Waals surface area contributed by atoms with E-state index in [0.29, 0.717) is 81.1 Å². The van der Waals surface area contributed by atoms with Crippen molar-refractivity contribution < 1.29 is 38.1 Å². The van der Waals surface area contributed by atoms with Crippen molar-refractivity contribution in [1.29, 1.82) is 0 Å². The molecule has 0 saturated carbocycles. The van der Waals surface area contributed by atoms with Gasteiger partial charge < -0.3 is 34.3 Å². The number of carbonyl (C=O) groups excluding carboxylic acids is 3. The predicted octanol–water partition coefficient (Wildman–Crippen LogP) is 2.91. The second-order valence-corrected chi connectivity index (χ2v) is 12.1. The Morgan fingerprint density at radius 1 is 0.745 bits per heavy atom. The third kappa shape index (κ3) is 11.1. The van der Waals surface area contributed by atoms with Crippen LogP contribution in [0.4, 0.5) is 0 Å². The highest BCUT2D eigenvalue weighted by Gasteiger charge is 2.19. The van der Waals surface area contributed by atoms with Gasteiger partial charge in [-0.1, -0.05) is 0 Å². The number of esters is 1. The number of nitrogens with zero attached hydrogens (tertiary/aromatic N) is 3. The monoisotopic (exact) mass is 701 g/mol. The van der Waals surface area contributed by atoms with Gasteiger partial charge in [-0.3, -0.25) is 19.4 Å². The molecule has 0 unspecified atom stereocenters. The Hall–Kier alpha value is -4.82. The average Bonchev–Trinajstić information content (AvgIpc) is 3.16. The van der Waals surface area contributed by atoms with E-state index in [4.69, 9.17) is 28.7 Å². The van der Waals surface area contributed by atoms with E-state index in [2.05, 4.69) is 20.4 Å². The van der Waals surface area contributed by atoms with Gasteiger partial charge in [-0.2, -0.15) is 0 Å². The molecule has 3 aromatic rings. The van der Waals surface area contributed by atoms with E-state index >= 15 is 0 Å². The number of hydrogen-bond donors (Lipinski definition) is 2.